The second-order valence-electron chi connectivity index (χ2n) is 5.91. The molecule has 4 rings (SSSR count). The van der Waals surface area contributed by atoms with Crippen LogP contribution in [0.3, 0.4) is 0 Å². The summed E-state index contributed by atoms with van der Waals surface area (Å²) >= 11 is 5.11. The van der Waals surface area contributed by atoms with E-state index >= 15 is 0 Å². The van der Waals surface area contributed by atoms with Crippen LogP contribution in [0.5, 0.6) is 0 Å². The van der Waals surface area contributed by atoms with Crippen LogP contribution in [0.4, 0.5) is 0 Å². The van der Waals surface area contributed by atoms with E-state index in [4.69, 9.17) is 0 Å². The third-order valence-electron chi connectivity index (χ3n) is 4.28. The molecule has 6 nitrogen and oxygen atoms in total. The van der Waals surface area contributed by atoms with E-state index in [1.807, 2.05) is 35.2 Å². The lowest BCUT2D eigenvalue weighted by Crippen LogP contribution is -2.33. The van der Waals surface area contributed by atoms with Gasteiger partial charge in [0.25, 0.3) is 0 Å². The zero-order valence-electron chi connectivity index (χ0n) is 13.4. The Hall–Kier alpha value is -2.06. The highest BCUT2D eigenvalue weighted by Crippen LogP contribution is 2.34. The number of amides is 1. The summed E-state index contributed by atoms with van der Waals surface area (Å²) in [5, 5.41) is 14.5. The standard InChI is InChI=1S/C17H16BrN5OS/c18-13-7-5-12(6-8-13)17-19-21-23(20-17)11-16(24)22-9-1-3-14(22)15-4-2-10-25-15/h2,4-8,10,14H,1,3,9,11H2. The molecular formula is C17H16BrN5OS. The molecule has 0 radical (unpaired) electrons. The van der Waals surface area contributed by atoms with Gasteiger partial charge in [0, 0.05) is 21.5 Å². The number of halogens is 1. The molecular weight excluding hydrogens is 402 g/mol. The topological polar surface area (TPSA) is 63.9 Å². The van der Waals surface area contributed by atoms with Gasteiger partial charge in [-0.05, 0) is 53.8 Å². The van der Waals surface area contributed by atoms with Gasteiger partial charge in [0.05, 0.1) is 6.04 Å². The summed E-state index contributed by atoms with van der Waals surface area (Å²) in [6.45, 7) is 0.904. The van der Waals surface area contributed by atoms with E-state index in [9.17, 15) is 4.79 Å². The van der Waals surface area contributed by atoms with Crippen LogP contribution in [0.25, 0.3) is 11.4 Å². The molecule has 1 aliphatic heterocycles. The van der Waals surface area contributed by atoms with Crippen molar-refractivity contribution in [2.45, 2.75) is 25.4 Å². The molecule has 1 amide bonds. The fourth-order valence-corrected chi connectivity index (χ4v) is 4.22. The van der Waals surface area contributed by atoms with Crippen LogP contribution in [-0.2, 0) is 11.3 Å². The first-order chi connectivity index (χ1) is 12.2. The summed E-state index contributed by atoms with van der Waals surface area (Å²) in [6.07, 6.45) is 2.05. The maximum Gasteiger partial charge on any atom is 0.246 e. The predicted octanol–water partition coefficient (Wildman–Crippen LogP) is 3.53. The zero-order chi connectivity index (χ0) is 17.2. The first-order valence-corrected chi connectivity index (χ1v) is 9.74. The highest BCUT2D eigenvalue weighted by atomic mass is 79.9. The van der Waals surface area contributed by atoms with Gasteiger partial charge >= 0.3 is 0 Å². The van der Waals surface area contributed by atoms with E-state index in [1.165, 1.54) is 9.67 Å². The smallest absolute Gasteiger partial charge is 0.246 e. The molecule has 1 aliphatic rings. The second kappa shape index (κ2) is 7.05. The van der Waals surface area contributed by atoms with E-state index in [0.29, 0.717) is 5.82 Å². The van der Waals surface area contributed by atoms with Crippen molar-refractivity contribution in [2.75, 3.05) is 6.54 Å². The van der Waals surface area contributed by atoms with E-state index in [-0.39, 0.29) is 18.5 Å². The predicted molar refractivity (Wildman–Crippen MR) is 99.0 cm³/mol. The molecule has 0 N–H and O–H groups in total. The fourth-order valence-electron chi connectivity index (χ4n) is 3.08. The molecule has 8 heteroatoms. The Morgan fingerprint density at radius 1 is 1.28 bits per heavy atom. The number of hydrogen-bond acceptors (Lipinski definition) is 5. The van der Waals surface area contributed by atoms with E-state index in [0.717, 1.165) is 29.4 Å². The Balaban J connectivity index is 1.47. The van der Waals surface area contributed by atoms with Gasteiger partial charge in [0.15, 0.2) is 0 Å². The number of likely N-dealkylation sites (tertiary alicyclic amines) is 1. The van der Waals surface area contributed by atoms with Gasteiger partial charge < -0.3 is 4.90 Å². The van der Waals surface area contributed by atoms with Crippen molar-refractivity contribution < 1.29 is 4.79 Å². The van der Waals surface area contributed by atoms with Crippen LogP contribution in [0.1, 0.15) is 23.8 Å². The Kier molecular flexibility index (Phi) is 4.63. The molecule has 2 aromatic heterocycles. The third-order valence-corrected chi connectivity index (χ3v) is 5.78. The first-order valence-electron chi connectivity index (χ1n) is 8.07. The number of hydrogen-bond donors (Lipinski definition) is 0. The number of rotatable bonds is 4. The molecule has 3 aromatic rings. The maximum atomic E-state index is 12.7. The summed E-state index contributed by atoms with van der Waals surface area (Å²) in [6, 6.07) is 12.0. The van der Waals surface area contributed by atoms with E-state index in [1.54, 1.807) is 11.3 Å². The first kappa shape index (κ1) is 16.4. The van der Waals surface area contributed by atoms with Crippen LogP contribution < -0.4 is 0 Å². The van der Waals surface area contributed by atoms with Crippen LogP contribution >= 0.6 is 27.3 Å². The van der Waals surface area contributed by atoms with Crippen molar-refractivity contribution in [2.24, 2.45) is 0 Å². The van der Waals surface area contributed by atoms with Gasteiger partial charge in [-0.25, -0.2) is 0 Å². The van der Waals surface area contributed by atoms with Crippen LogP contribution in [0.2, 0.25) is 0 Å². The maximum absolute atomic E-state index is 12.7. The van der Waals surface area contributed by atoms with Gasteiger partial charge in [-0.2, -0.15) is 4.80 Å². The lowest BCUT2D eigenvalue weighted by atomic mass is 10.2. The largest absolute Gasteiger partial charge is 0.333 e. The van der Waals surface area contributed by atoms with Crippen molar-refractivity contribution in [1.29, 1.82) is 0 Å². The average molecular weight is 418 g/mol. The molecule has 0 saturated carbocycles. The highest BCUT2D eigenvalue weighted by Gasteiger charge is 2.30. The normalized spacial score (nSPS) is 17.2. The Labute approximate surface area is 157 Å². The summed E-state index contributed by atoms with van der Waals surface area (Å²) in [5.74, 6) is 0.562. The second-order valence-corrected chi connectivity index (χ2v) is 7.81. The molecule has 128 valence electrons. The van der Waals surface area contributed by atoms with E-state index < -0.39 is 0 Å². The highest BCUT2D eigenvalue weighted by molar-refractivity contribution is 9.10. The van der Waals surface area contributed by atoms with Gasteiger partial charge in [-0.3, -0.25) is 4.79 Å². The van der Waals surface area contributed by atoms with Crippen LogP contribution in [-0.4, -0.2) is 37.6 Å². The molecule has 0 aliphatic carbocycles. The van der Waals surface area contributed by atoms with Gasteiger partial charge in [-0.1, -0.05) is 22.0 Å². The SMILES string of the molecule is O=C(Cn1nnc(-c2ccc(Br)cc2)n1)N1CCCC1c1cccs1. The zero-order valence-corrected chi connectivity index (χ0v) is 15.8. The Morgan fingerprint density at radius 2 is 2.12 bits per heavy atom. The Morgan fingerprint density at radius 3 is 2.88 bits per heavy atom. The molecule has 25 heavy (non-hydrogen) atoms. The fraction of sp³-hybridized carbons (Fsp3) is 0.294. The number of aromatic nitrogens is 4. The molecule has 3 heterocycles. The Bertz CT molecular complexity index is 862. The van der Waals surface area contributed by atoms with Crippen molar-refractivity contribution >= 4 is 33.2 Å². The van der Waals surface area contributed by atoms with Crippen LogP contribution in [0, 0.1) is 0 Å². The molecule has 1 atom stereocenters. The van der Waals surface area contributed by atoms with Crippen molar-refractivity contribution in [3.63, 3.8) is 0 Å². The van der Waals surface area contributed by atoms with Gasteiger partial charge in [0.2, 0.25) is 11.7 Å². The minimum Gasteiger partial charge on any atom is -0.333 e. The van der Waals surface area contributed by atoms with Crippen molar-refractivity contribution in [3.05, 3.63) is 51.1 Å². The molecule has 0 spiro atoms. The summed E-state index contributed by atoms with van der Waals surface area (Å²) in [7, 11) is 0. The number of nitrogens with zero attached hydrogens (tertiary/aromatic N) is 5. The molecule has 1 aromatic carbocycles. The molecule has 1 saturated heterocycles. The van der Waals surface area contributed by atoms with Gasteiger partial charge in [0.1, 0.15) is 6.54 Å². The number of carbonyl (C=O) groups excluding carboxylic acids is 1. The third kappa shape index (κ3) is 3.50. The lowest BCUT2D eigenvalue weighted by Gasteiger charge is -2.23. The van der Waals surface area contributed by atoms with E-state index in [2.05, 4.69) is 42.8 Å². The lowest BCUT2D eigenvalue weighted by molar-refractivity contribution is -0.133. The monoisotopic (exact) mass is 417 g/mol. The van der Waals surface area contributed by atoms with Crippen molar-refractivity contribution in [3.8, 4) is 11.4 Å². The summed E-state index contributed by atoms with van der Waals surface area (Å²) in [4.78, 5) is 17.3. The van der Waals surface area contributed by atoms with Crippen LogP contribution in [0.15, 0.2) is 46.3 Å². The number of benzene rings is 1. The number of tetrazole rings is 1. The quantitative estimate of drug-likeness (QED) is 0.651. The summed E-state index contributed by atoms with van der Waals surface area (Å²) in [5.41, 5.74) is 0.875. The molecule has 1 fully saturated rings. The minimum atomic E-state index is 0.0376. The molecule has 1 unspecified atom stereocenters. The molecule has 0 bridgehead atoms. The number of carbonyl (C=O) groups is 1. The van der Waals surface area contributed by atoms with Gasteiger partial charge in [-0.15, -0.1) is 21.5 Å². The summed E-state index contributed by atoms with van der Waals surface area (Å²) < 4.78 is 0.993. The number of thiophene rings is 1. The average Bonchev–Trinajstić information content (AvgIpc) is 3.36. The minimum absolute atomic E-state index is 0.0376. The van der Waals surface area contributed by atoms with Crippen molar-refractivity contribution in [1.82, 2.24) is 25.1 Å².